The van der Waals surface area contributed by atoms with E-state index in [1.807, 2.05) is 0 Å². The van der Waals surface area contributed by atoms with Crippen LogP contribution in [-0.4, -0.2) is 35.2 Å². The second kappa shape index (κ2) is 8.81. The summed E-state index contributed by atoms with van der Waals surface area (Å²) in [6, 6.07) is 12.2. The highest BCUT2D eigenvalue weighted by atomic mass is 19.4. The minimum Gasteiger partial charge on any atom is -0.503 e. The van der Waals surface area contributed by atoms with Crippen LogP contribution in [0.2, 0.25) is 0 Å². The van der Waals surface area contributed by atoms with Crippen LogP contribution in [0.5, 0.6) is 0 Å². The first kappa shape index (κ1) is 21.1. The van der Waals surface area contributed by atoms with Crippen molar-refractivity contribution in [3.63, 3.8) is 0 Å². The SMILES string of the molecule is CO/C=C(/C(=O)OC)c1cccc(Cn2cc(-c3ccccc3C(F)(F)F)nn2)c1. The lowest BCUT2D eigenvalue weighted by Crippen LogP contribution is -2.07. The molecule has 0 radical (unpaired) electrons. The Morgan fingerprint density at radius 1 is 1.13 bits per heavy atom. The summed E-state index contributed by atoms with van der Waals surface area (Å²) in [5, 5.41) is 7.83. The fourth-order valence-electron chi connectivity index (χ4n) is 2.94. The van der Waals surface area contributed by atoms with Crippen molar-refractivity contribution in [2.24, 2.45) is 0 Å². The predicted molar refractivity (Wildman–Crippen MR) is 103 cm³/mol. The molecule has 0 spiro atoms. The quantitative estimate of drug-likeness (QED) is 0.342. The maximum atomic E-state index is 13.3. The predicted octanol–water partition coefficient (Wildman–Crippen LogP) is 4.17. The van der Waals surface area contributed by atoms with Crippen LogP contribution >= 0.6 is 0 Å². The topological polar surface area (TPSA) is 66.2 Å². The van der Waals surface area contributed by atoms with Crippen LogP contribution < -0.4 is 0 Å². The van der Waals surface area contributed by atoms with Crippen molar-refractivity contribution in [1.82, 2.24) is 15.0 Å². The molecule has 6 nitrogen and oxygen atoms in total. The summed E-state index contributed by atoms with van der Waals surface area (Å²) in [5.74, 6) is -0.555. The maximum Gasteiger partial charge on any atom is 0.417 e. The minimum atomic E-state index is -4.49. The second-order valence-corrected chi connectivity index (χ2v) is 6.30. The molecule has 0 fully saturated rings. The zero-order chi connectivity index (χ0) is 21.7. The van der Waals surface area contributed by atoms with Crippen LogP contribution in [-0.2, 0) is 27.0 Å². The van der Waals surface area contributed by atoms with Gasteiger partial charge in [0.2, 0.25) is 0 Å². The van der Waals surface area contributed by atoms with Crippen LogP contribution in [0.3, 0.4) is 0 Å². The second-order valence-electron chi connectivity index (χ2n) is 6.30. The molecule has 9 heteroatoms. The van der Waals surface area contributed by atoms with Crippen molar-refractivity contribution in [1.29, 1.82) is 0 Å². The summed E-state index contributed by atoms with van der Waals surface area (Å²) in [6.07, 6.45) is -1.76. The number of aromatic nitrogens is 3. The number of esters is 1. The van der Waals surface area contributed by atoms with E-state index < -0.39 is 17.7 Å². The van der Waals surface area contributed by atoms with Crippen LogP contribution in [0, 0.1) is 0 Å². The van der Waals surface area contributed by atoms with E-state index in [1.54, 1.807) is 24.3 Å². The molecule has 3 rings (SSSR count). The van der Waals surface area contributed by atoms with Crippen molar-refractivity contribution in [3.05, 3.63) is 77.7 Å². The van der Waals surface area contributed by atoms with Crippen molar-refractivity contribution in [3.8, 4) is 11.3 Å². The number of rotatable bonds is 6. The first-order chi connectivity index (χ1) is 14.3. The Labute approximate surface area is 170 Å². The Hall–Kier alpha value is -3.62. The summed E-state index contributed by atoms with van der Waals surface area (Å²) in [7, 11) is 2.69. The van der Waals surface area contributed by atoms with Crippen molar-refractivity contribution < 1.29 is 27.4 Å². The van der Waals surface area contributed by atoms with E-state index in [2.05, 4.69) is 10.3 Å². The lowest BCUT2D eigenvalue weighted by atomic mass is 10.0. The lowest BCUT2D eigenvalue weighted by Gasteiger charge is -2.10. The fourth-order valence-corrected chi connectivity index (χ4v) is 2.94. The molecule has 2 aromatic carbocycles. The third-order valence-electron chi connectivity index (χ3n) is 4.27. The Morgan fingerprint density at radius 3 is 2.60 bits per heavy atom. The number of ether oxygens (including phenoxy) is 2. The summed E-state index contributed by atoms with van der Waals surface area (Å²) in [5.41, 5.74) is 0.879. The number of carbonyl (C=O) groups is 1. The van der Waals surface area contributed by atoms with Crippen molar-refractivity contribution in [2.45, 2.75) is 12.7 Å². The third kappa shape index (κ3) is 4.68. The van der Waals surface area contributed by atoms with Crippen molar-refractivity contribution >= 4 is 11.5 Å². The van der Waals surface area contributed by atoms with Crippen LogP contribution in [0.4, 0.5) is 13.2 Å². The number of methoxy groups -OCH3 is 2. The van der Waals surface area contributed by atoms with Gasteiger partial charge in [-0.2, -0.15) is 13.2 Å². The van der Waals surface area contributed by atoms with Gasteiger partial charge in [-0.15, -0.1) is 5.10 Å². The summed E-state index contributed by atoms with van der Waals surface area (Å²) >= 11 is 0. The highest BCUT2D eigenvalue weighted by molar-refractivity contribution is 6.16. The van der Waals surface area contributed by atoms with Gasteiger partial charge in [-0.05, 0) is 23.3 Å². The smallest absolute Gasteiger partial charge is 0.417 e. The summed E-state index contributed by atoms with van der Waals surface area (Å²) in [6.45, 7) is 0.246. The molecule has 1 aromatic heterocycles. The van der Waals surface area contributed by atoms with Gasteiger partial charge in [-0.1, -0.05) is 41.6 Å². The minimum absolute atomic E-state index is 0.0407. The van der Waals surface area contributed by atoms with Gasteiger partial charge in [0.05, 0.1) is 38.8 Å². The van der Waals surface area contributed by atoms with Crippen LogP contribution in [0.15, 0.2) is 61.0 Å². The van der Waals surface area contributed by atoms with E-state index in [9.17, 15) is 18.0 Å². The summed E-state index contributed by atoms with van der Waals surface area (Å²) in [4.78, 5) is 12.0. The zero-order valence-corrected chi connectivity index (χ0v) is 16.2. The monoisotopic (exact) mass is 417 g/mol. The highest BCUT2D eigenvalue weighted by Crippen LogP contribution is 2.36. The van der Waals surface area contributed by atoms with E-state index in [1.165, 1.54) is 49.6 Å². The Morgan fingerprint density at radius 2 is 1.90 bits per heavy atom. The van der Waals surface area contributed by atoms with Gasteiger partial charge >= 0.3 is 12.1 Å². The standard InChI is InChI=1S/C21H18F3N3O3/c1-29-13-17(20(28)30-2)15-7-5-6-14(10-15)11-27-12-19(25-26-27)16-8-3-4-9-18(16)21(22,23)24/h3-10,12-13H,11H2,1-2H3/b17-13+. The van der Waals surface area contributed by atoms with Crippen LogP contribution in [0.1, 0.15) is 16.7 Å². The first-order valence-electron chi connectivity index (χ1n) is 8.81. The molecular weight excluding hydrogens is 399 g/mol. The molecule has 30 heavy (non-hydrogen) atoms. The average molecular weight is 417 g/mol. The molecule has 0 N–H and O–H groups in total. The number of alkyl halides is 3. The molecule has 1 heterocycles. The van der Waals surface area contributed by atoms with E-state index in [4.69, 9.17) is 9.47 Å². The molecule has 0 saturated carbocycles. The molecule has 0 saturated heterocycles. The molecule has 0 bridgehead atoms. The van der Waals surface area contributed by atoms with E-state index in [0.29, 0.717) is 5.56 Å². The van der Waals surface area contributed by atoms with Gasteiger partial charge < -0.3 is 9.47 Å². The maximum absolute atomic E-state index is 13.3. The molecule has 3 aromatic rings. The van der Waals surface area contributed by atoms with E-state index in [-0.39, 0.29) is 23.4 Å². The zero-order valence-electron chi connectivity index (χ0n) is 16.2. The molecule has 0 aliphatic rings. The molecule has 0 aliphatic heterocycles. The Kier molecular flexibility index (Phi) is 6.20. The average Bonchev–Trinajstić information content (AvgIpc) is 3.19. The number of halogens is 3. The fraction of sp³-hybridized carbons (Fsp3) is 0.190. The molecule has 0 amide bonds. The number of carbonyl (C=O) groups excluding carboxylic acids is 1. The largest absolute Gasteiger partial charge is 0.503 e. The Bertz CT molecular complexity index is 1070. The first-order valence-corrected chi connectivity index (χ1v) is 8.81. The highest BCUT2D eigenvalue weighted by Gasteiger charge is 2.33. The molecule has 156 valence electrons. The number of hydrogen-bond acceptors (Lipinski definition) is 5. The van der Waals surface area contributed by atoms with Gasteiger partial charge in [-0.3, -0.25) is 0 Å². The number of benzene rings is 2. The van der Waals surface area contributed by atoms with E-state index >= 15 is 0 Å². The van der Waals surface area contributed by atoms with Gasteiger partial charge in [-0.25, -0.2) is 9.48 Å². The van der Waals surface area contributed by atoms with Gasteiger partial charge in [0.1, 0.15) is 11.3 Å². The number of hydrogen-bond donors (Lipinski definition) is 0. The molecule has 0 aliphatic carbocycles. The van der Waals surface area contributed by atoms with Gasteiger partial charge in [0, 0.05) is 5.56 Å². The normalized spacial score (nSPS) is 12.0. The van der Waals surface area contributed by atoms with Gasteiger partial charge in [0.25, 0.3) is 0 Å². The van der Waals surface area contributed by atoms with E-state index in [0.717, 1.165) is 11.6 Å². The summed E-state index contributed by atoms with van der Waals surface area (Å²) < 4.78 is 50.9. The third-order valence-corrected chi connectivity index (χ3v) is 4.27. The molecule has 0 atom stereocenters. The van der Waals surface area contributed by atoms with Crippen LogP contribution in [0.25, 0.3) is 16.8 Å². The lowest BCUT2D eigenvalue weighted by molar-refractivity contribution is -0.137. The molecular formula is C21H18F3N3O3. The van der Waals surface area contributed by atoms with Gasteiger partial charge in [0.15, 0.2) is 0 Å². The molecule has 0 unspecified atom stereocenters. The number of nitrogens with zero attached hydrogens (tertiary/aromatic N) is 3. The van der Waals surface area contributed by atoms with Crippen molar-refractivity contribution in [2.75, 3.05) is 14.2 Å². The Balaban J connectivity index is 1.88.